The molecule has 1 aromatic carbocycles. The number of likely N-dealkylation sites (tertiary alicyclic amines) is 1. The molecule has 0 saturated carbocycles. The molecule has 1 saturated heterocycles. The van der Waals surface area contributed by atoms with Crippen LogP contribution in [0.3, 0.4) is 0 Å². The van der Waals surface area contributed by atoms with Crippen molar-refractivity contribution in [3.05, 3.63) is 42.2 Å². The van der Waals surface area contributed by atoms with Crippen molar-refractivity contribution in [2.24, 2.45) is 0 Å². The van der Waals surface area contributed by atoms with E-state index in [4.69, 9.17) is 9.47 Å². The van der Waals surface area contributed by atoms with Crippen LogP contribution in [0.5, 0.6) is 11.5 Å². The number of hydrogen-bond donors (Lipinski definition) is 0. The third-order valence-corrected chi connectivity index (χ3v) is 4.62. The van der Waals surface area contributed by atoms with E-state index in [1.807, 2.05) is 46.8 Å². The van der Waals surface area contributed by atoms with E-state index in [2.05, 4.69) is 5.10 Å². The fourth-order valence-corrected chi connectivity index (χ4v) is 3.06. The highest BCUT2D eigenvalue weighted by Crippen LogP contribution is 2.22. The number of hydrogen-bond acceptors (Lipinski definition) is 4. The lowest BCUT2D eigenvalue weighted by atomic mass is 10.1. The van der Waals surface area contributed by atoms with Crippen molar-refractivity contribution in [2.75, 3.05) is 20.2 Å². The van der Waals surface area contributed by atoms with Crippen molar-refractivity contribution in [2.45, 2.75) is 38.8 Å². The number of aryl methyl sites for hydroxylation is 2. The van der Waals surface area contributed by atoms with Crippen LogP contribution in [0, 0.1) is 6.92 Å². The smallest absolute Gasteiger partial charge is 0.224 e. The van der Waals surface area contributed by atoms with Crippen LogP contribution in [0.15, 0.2) is 36.5 Å². The summed E-state index contributed by atoms with van der Waals surface area (Å²) in [6, 6.07) is 9.58. The van der Waals surface area contributed by atoms with Crippen LogP contribution in [0.2, 0.25) is 0 Å². The molecule has 3 rings (SSSR count). The molecule has 6 heteroatoms. The number of piperidine rings is 1. The minimum atomic E-state index is 0.158. The lowest BCUT2D eigenvalue weighted by molar-refractivity contribution is -0.133. The van der Waals surface area contributed by atoms with Gasteiger partial charge in [0.15, 0.2) is 0 Å². The van der Waals surface area contributed by atoms with Gasteiger partial charge in [-0.05, 0) is 37.3 Å². The Bertz CT molecular complexity index is 688. The Labute approximate surface area is 148 Å². The Morgan fingerprint density at radius 1 is 1.16 bits per heavy atom. The Hall–Kier alpha value is -2.50. The van der Waals surface area contributed by atoms with Gasteiger partial charge in [-0.15, -0.1) is 0 Å². The first-order chi connectivity index (χ1) is 12.2. The van der Waals surface area contributed by atoms with Gasteiger partial charge in [-0.3, -0.25) is 9.48 Å². The predicted octanol–water partition coefficient (Wildman–Crippen LogP) is 2.66. The highest BCUT2D eigenvalue weighted by molar-refractivity contribution is 5.76. The number of ether oxygens (including phenoxy) is 2. The lowest BCUT2D eigenvalue weighted by Crippen LogP contribution is -2.42. The average Bonchev–Trinajstić information content (AvgIpc) is 3.06. The number of carbonyl (C=O) groups is 1. The number of methoxy groups -OCH3 is 1. The average molecular weight is 343 g/mol. The standard InChI is InChI=1S/C19H25N3O3/c1-15-7-11-20-22(15)14-10-19(23)21-12-8-18(9-13-21)25-17-5-3-16(24-2)4-6-17/h3-7,11,18H,8-10,12-14H2,1-2H3. The SMILES string of the molecule is COc1ccc(OC2CCN(C(=O)CCn3nccc3C)CC2)cc1. The molecule has 1 fully saturated rings. The summed E-state index contributed by atoms with van der Waals surface area (Å²) < 4.78 is 13.0. The quantitative estimate of drug-likeness (QED) is 0.809. The van der Waals surface area contributed by atoms with E-state index < -0.39 is 0 Å². The Morgan fingerprint density at radius 3 is 2.44 bits per heavy atom. The number of benzene rings is 1. The van der Waals surface area contributed by atoms with Gasteiger partial charge < -0.3 is 14.4 Å². The van der Waals surface area contributed by atoms with Crippen LogP contribution in [-0.2, 0) is 11.3 Å². The molecule has 2 heterocycles. The molecule has 0 aliphatic carbocycles. The van der Waals surface area contributed by atoms with Crippen molar-refractivity contribution in [3.8, 4) is 11.5 Å². The van der Waals surface area contributed by atoms with E-state index in [9.17, 15) is 4.79 Å². The number of aromatic nitrogens is 2. The molecule has 0 N–H and O–H groups in total. The molecule has 2 aromatic rings. The summed E-state index contributed by atoms with van der Waals surface area (Å²) in [4.78, 5) is 14.3. The predicted molar refractivity (Wildman–Crippen MR) is 94.8 cm³/mol. The van der Waals surface area contributed by atoms with Crippen molar-refractivity contribution in [1.29, 1.82) is 0 Å². The van der Waals surface area contributed by atoms with Crippen LogP contribution >= 0.6 is 0 Å². The van der Waals surface area contributed by atoms with Gasteiger partial charge in [0.05, 0.1) is 7.11 Å². The molecule has 1 aromatic heterocycles. The first kappa shape index (κ1) is 17.3. The van der Waals surface area contributed by atoms with E-state index in [1.165, 1.54) is 0 Å². The maximum Gasteiger partial charge on any atom is 0.224 e. The fourth-order valence-electron chi connectivity index (χ4n) is 3.06. The minimum absolute atomic E-state index is 0.158. The molecule has 25 heavy (non-hydrogen) atoms. The Balaban J connectivity index is 1.43. The summed E-state index contributed by atoms with van der Waals surface area (Å²) in [7, 11) is 1.65. The Morgan fingerprint density at radius 2 is 1.84 bits per heavy atom. The van der Waals surface area contributed by atoms with E-state index in [-0.39, 0.29) is 12.0 Å². The number of carbonyl (C=O) groups excluding carboxylic acids is 1. The molecule has 134 valence electrons. The van der Waals surface area contributed by atoms with Crippen molar-refractivity contribution in [1.82, 2.24) is 14.7 Å². The van der Waals surface area contributed by atoms with Crippen LogP contribution in [0.4, 0.5) is 0 Å². The molecule has 1 aliphatic rings. The van der Waals surface area contributed by atoms with Gasteiger partial charge in [0.25, 0.3) is 0 Å². The van der Waals surface area contributed by atoms with Crippen LogP contribution in [-0.4, -0.2) is 46.9 Å². The zero-order valence-electron chi connectivity index (χ0n) is 14.9. The van der Waals surface area contributed by atoms with E-state index in [0.717, 1.165) is 43.1 Å². The second-order valence-electron chi connectivity index (χ2n) is 6.32. The fraction of sp³-hybridized carbons (Fsp3) is 0.474. The third kappa shape index (κ3) is 4.53. The summed E-state index contributed by atoms with van der Waals surface area (Å²) >= 11 is 0. The number of nitrogens with zero attached hydrogens (tertiary/aromatic N) is 3. The molecule has 0 atom stereocenters. The molecule has 6 nitrogen and oxygen atoms in total. The van der Waals surface area contributed by atoms with Gasteiger partial charge in [0.1, 0.15) is 17.6 Å². The van der Waals surface area contributed by atoms with Gasteiger partial charge in [-0.1, -0.05) is 0 Å². The zero-order valence-corrected chi connectivity index (χ0v) is 14.9. The maximum atomic E-state index is 12.4. The van der Waals surface area contributed by atoms with E-state index in [1.54, 1.807) is 13.3 Å². The van der Waals surface area contributed by atoms with Crippen molar-refractivity contribution < 1.29 is 14.3 Å². The largest absolute Gasteiger partial charge is 0.497 e. The van der Waals surface area contributed by atoms with Gasteiger partial charge in [-0.2, -0.15) is 5.10 Å². The van der Waals surface area contributed by atoms with Gasteiger partial charge >= 0.3 is 0 Å². The van der Waals surface area contributed by atoms with Gasteiger partial charge in [0.2, 0.25) is 5.91 Å². The van der Waals surface area contributed by atoms with Crippen molar-refractivity contribution >= 4 is 5.91 Å². The molecule has 0 unspecified atom stereocenters. The highest BCUT2D eigenvalue weighted by Gasteiger charge is 2.23. The monoisotopic (exact) mass is 343 g/mol. The molecular weight excluding hydrogens is 318 g/mol. The second kappa shape index (κ2) is 8.05. The van der Waals surface area contributed by atoms with Crippen LogP contribution in [0.25, 0.3) is 0 Å². The van der Waals surface area contributed by atoms with Gasteiger partial charge in [0, 0.05) is 50.8 Å². The summed E-state index contributed by atoms with van der Waals surface area (Å²) in [5.74, 6) is 1.86. The van der Waals surface area contributed by atoms with Crippen LogP contribution < -0.4 is 9.47 Å². The molecule has 1 amide bonds. The summed E-state index contributed by atoms with van der Waals surface area (Å²) in [6.45, 7) is 4.13. The molecule has 1 aliphatic heterocycles. The first-order valence-corrected chi connectivity index (χ1v) is 8.72. The molecule has 0 spiro atoms. The molecule has 0 radical (unpaired) electrons. The third-order valence-electron chi connectivity index (χ3n) is 4.62. The summed E-state index contributed by atoms with van der Waals surface area (Å²) in [6.07, 6.45) is 4.14. The zero-order chi connectivity index (χ0) is 17.6. The van der Waals surface area contributed by atoms with Gasteiger partial charge in [-0.25, -0.2) is 0 Å². The summed E-state index contributed by atoms with van der Waals surface area (Å²) in [5.41, 5.74) is 1.08. The first-order valence-electron chi connectivity index (χ1n) is 8.72. The van der Waals surface area contributed by atoms with E-state index in [0.29, 0.717) is 13.0 Å². The van der Waals surface area contributed by atoms with Crippen LogP contribution in [0.1, 0.15) is 25.0 Å². The number of amides is 1. The molecular formula is C19H25N3O3. The summed E-state index contributed by atoms with van der Waals surface area (Å²) in [5, 5.41) is 4.22. The van der Waals surface area contributed by atoms with E-state index >= 15 is 0 Å². The number of rotatable bonds is 6. The maximum absolute atomic E-state index is 12.4. The highest BCUT2D eigenvalue weighted by atomic mass is 16.5. The Kier molecular flexibility index (Phi) is 5.58. The second-order valence-corrected chi connectivity index (χ2v) is 6.32. The normalized spacial score (nSPS) is 15.2. The van der Waals surface area contributed by atoms with Crippen molar-refractivity contribution in [3.63, 3.8) is 0 Å². The molecule has 0 bridgehead atoms. The minimum Gasteiger partial charge on any atom is -0.497 e. The lowest BCUT2D eigenvalue weighted by Gasteiger charge is -2.32. The topological polar surface area (TPSA) is 56.6 Å².